The van der Waals surface area contributed by atoms with Crippen molar-refractivity contribution in [2.24, 2.45) is 0 Å². The lowest BCUT2D eigenvalue weighted by atomic mass is 10.2. The number of carbonyl (C=O) groups excluding carboxylic acids is 2. The number of likely N-dealkylation sites (tertiary alicyclic amines) is 1. The summed E-state index contributed by atoms with van der Waals surface area (Å²) in [6.45, 7) is -0.648. The van der Waals surface area contributed by atoms with Crippen LogP contribution >= 0.6 is 0 Å². The number of rotatable bonds is 5. The van der Waals surface area contributed by atoms with E-state index in [1.165, 1.54) is 17.9 Å². The Morgan fingerprint density at radius 3 is 2.85 bits per heavy atom. The molecule has 144 valence electrons. The van der Waals surface area contributed by atoms with Crippen LogP contribution in [0.3, 0.4) is 0 Å². The van der Waals surface area contributed by atoms with Crippen molar-refractivity contribution in [3.05, 3.63) is 29.3 Å². The minimum Gasteiger partial charge on any atom is -0.354 e. The SMILES string of the molecule is CNC(=O)c1cn(C[C@@H]2CC(F)(F)CN2C(=O)c2cc(C3CC3)[nH]n2)nn1. The fourth-order valence-corrected chi connectivity index (χ4v) is 3.33. The van der Waals surface area contributed by atoms with E-state index in [9.17, 15) is 18.4 Å². The second kappa shape index (κ2) is 6.39. The van der Waals surface area contributed by atoms with Crippen LogP contribution in [0, 0.1) is 0 Å². The van der Waals surface area contributed by atoms with Gasteiger partial charge < -0.3 is 10.2 Å². The molecule has 1 aliphatic carbocycles. The summed E-state index contributed by atoms with van der Waals surface area (Å²) in [5.41, 5.74) is 1.10. The number of amides is 2. The Labute approximate surface area is 153 Å². The molecule has 1 atom stereocenters. The van der Waals surface area contributed by atoms with Gasteiger partial charge in [-0.05, 0) is 18.9 Å². The van der Waals surface area contributed by atoms with Gasteiger partial charge in [0.1, 0.15) is 5.69 Å². The lowest BCUT2D eigenvalue weighted by Gasteiger charge is -2.22. The third-order valence-corrected chi connectivity index (χ3v) is 4.87. The molecule has 0 unspecified atom stereocenters. The van der Waals surface area contributed by atoms with Crippen LogP contribution in [0.1, 0.15) is 51.9 Å². The number of hydrogen-bond donors (Lipinski definition) is 2. The van der Waals surface area contributed by atoms with Gasteiger partial charge in [0.05, 0.1) is 25.3 Å². The summed E-state index contributed by atoms with van der Waals surface area (Å²) in [6.07, 6.45) is 2.98. The normalized spacial score (nSPS) is 21.4. The Hall–Kier alpha value is -2.85. The molecule has 0 aromatic carbocycles. The van der Waals surface area contributed by atoms with Gasteiger partial charge in [0.15, 0.2) is 5.69 Å². The highest BCUT2D eigenvalue weighted by molar-refractivity contribution is 5.93. The molecule has 9 nitrogen and oxygen atoms in total. The van der Waals surface area contributed by atoms with Crippen LogP contribution in [0.25, 0.3) is 0 Å². The first-order valence-corrected chi connectivity index (χ1v) is 8.72. The summed E-state index contributed by atoms with van der Waals surface area (Å²) in [6, 6.07) is 0.875. The molecular formula is C16H19F2N7O2. The van der Waals surface area contributed by atoms with Gasteiger partial charge in [0, 0.05) is 25.1 Å². The average molecular weight is 379 g/mol. The average Bonchev–Trinajstić information content (AvgIpc) is 3.06. The Kier molecular flexibility index (Phi) is 4.16. The third-order valence-electron chi connectivity index (χ3n) is 4.87. The third kappa shape index (κ3) is 3.53. The first-order chi connectivity index (χ1) is 12.9. The molecule has 1 saturated heterocycles. The molecule has 1 saturated carbocycles. The van der Waals surface area contributed by atoms with Gasteiger partial charge in [-0.25, -0.2) is 13.5 Å². The highest BCUT2D eigenvalue weighted by Gasteiger charge is 2.47. The summed E-state index contributed by atoms with van der Waals surface area (Å²) < 4.78 is 29.3. The fraction of sp³-hybridized carbons (Fsp3) is 0.562. The molecule has 0 radical (unpaired) electrons. The quantitative estimate of drug-likeness (QED) is 0.798. The lowest BCUT2D eigenvalue weighted by molar-refractivity contribution is 0.0116. The summed E-state index contributed by atoms with van der Waals surface area (Å²) in [4.78, 5) is 25.4. The van der Waals surface area contributed by atoms with Crippen molar-refractivity contribution in [3.8, 4) is 0 Å². The molecule has 2 aromatic heterocycles. The van der Waals surface area contributed by atoms with E-state index in [2.05, 4.69) is 25.8 Å². The first kappa shape index (κ1) is 17.6. The molecule has 2 aliphatic rings. The summed E-state index contributed by atoms with van der Waals surface area (Å²) in [7, 11) is 1.46. The zero-order valence-electron chi connectivity index (χ0n) is 14.7. The van der Waals surface area contributed by atoms with Gasteiger partial charge in [-0.15, -0.1) is 5.10 Å². The van der Waals surface area contributed by atoms with Gasteiger partial charge in [-0.3, -0.25) is 14.7 Å². The number of alkyl halides is 2. The van der Waals surface area contributed by atoms with Gasteiger partial charge in [0.2, 0.25) is 0 Å². The zero-order valence-corrected chi connectivity index (χ0v) is 14.7. The molecule has 1 aliphatic heterocycles. The van der Waals surface area contributed by atoms with Crippen LogP contribution in [0.5, 0.6) is 0 Å². The predicted octanol–water partition coefficient (Wildman–Crippen LogP) is 0.788. The maximum atomic E-state index is 14.0. The second-order valence-electron chi connectivity index (χ2n) is 7.03. The van der Waals surface area contributed by atoms with Gasteiger partial charge in [-0.2, -0.15) is 5.10 Å². The highest BCUT2D eigenvalue weighted by Crippen LogP contribution is 2.39. The Bertz CT molecular complexity index is 874. The predicted molar refractivity (Wildman–Crippen MR) is 88.4 cm³/mol. The molecule has 2 aromatic rings. The van der Waals surface area contributed by atoms with Crippen LogP contribution in [-0.4, -0.2) is 67.5 Å². The number of nitrogens with zero attached hydrogens (tertiary/aromatic N) is 5. The minimum absolute atomic E-state index is 0.0191. The number of nitrogens with one attached hydrogen (secondary N) is 2. The minimum atomic E-state index is -2.99. The summed E-state index contributed by atoms with van der Waals surface area (Å²) in [5, 5.41) is 16.8. The molecule has 3 heterocycles. The van der Waals surface area contributed by atoms with E-state index in [1.807, 2.05) is 0 Å². The fourth-order valence-electron chi connectivity index (χ4n) is 3.33. The van der Waals surface area contributed by atoms with Crippen LogP contribution in [-0.2, 0) is 6.54 Å². The topological polar surface area (TPSA) is 109 Å². The van der Waals surface area contributed by atoms with Crippen molar-refractivity contribution in [2.75, 3.05) is 13.6 Å². The van der Waals surface area contributed by atoms with Crippen molar-refractivity contribution in [1.82, 2.24) is 35.4 Å². The van der Waals surface area contributed by atoms with Crippen molar-refractivity contribution >= 4 is 11.8 Å². The molecular weight excluding hydrogens is 360 g/mol. The summed E-state index contributed by atoms with van der Waals surface area (Å²) in [5.74, 6) is -3.56. The standard InChI is InChI=1S/C16H19F2N7O2/c1-19-14(26)13-7-24(23-22-13)6-10-5-16(17,18)8-25(10)15(27)12-4-11(20-21-12)9-2-3-9/h4,7,9-10H,2-3,5-6,8H2,1H3,(H,19,26)(H,20,21)/t10-/m0/s1. The van der Waals surface area contributed by atoms with E-state index in [4.69, 9.17) is 0 Å². The van der Waals surface area contributed by atoms with Gasteiger partial charge in [-0.1, -0.05) is 5.21 Å². The van der Waals surface area contributed by atoms with E-state index in [0.29, 0.717) is 5.92 Å². The number of aromatic amines is 1. The Morgan fingerprint density at radius 2 is 2.15 bits per heavy atom. The van der Waals surface area contributed by atoms with Crippen LogP contribution in [0.15, 0.2) is 12.3 Å². The first-order valence-electron chi connectivity index (χ1n) is 8.72. The van der Waals surface area contributed by atoms with Crippen molar-refractivity contribution < 1.29 is 18.4 Å². The Morgan fingerprint density at radius 1 is 1.37 bits per heavy atom. The molecule has 2 amide bonds. The van der Waals surface area contributed by atoms with Crippen LogP contribution in [0.4, 0.5) is 8.78 Å². The maximum absolute atomic E-state index is 14.0. The summed E-state index contributed by atoms with van der Waals surface area (Å²) >= 11 is 0. The van der Waals surface area contributed by atoms with E-state index in [0.717, 1.165) is 23.4 Å². The molecule has 11 heteroatoms. The zero-order chi connectivity index (χ0) is 19.2. The van der Waals surface area contributed by atoms with E-state index in [-0.39, 0.29) is 17.9 Å². The van der Waals surface area contributed by atoms with E-state index < -0.39 is 36.7 Å². The number of hydrogen-bond acceptors (Lipinski definition) is 5. The van der Waals surface area contributed by atoms with E-state index >= 15 is 0 Å². The maximum Gasteiger partial charge on any atom is 0.274 e. The molecule has 2 N–H and O–H groups in total. The van der Waals surface area contributed by atoms with E-state index in [1.54, 1.807) is 6.07 Å². The number of carbonyl (C=O) groups is 2. The van der Waals surface area contributed by atoms with Crippen molar-refractivity contribution in [2.45, 2.75) is 43.7 Å². The van der Waals surface area contributed by atoms with Crippen molar-refractivity contribution in [3.63, 3.8) is 0 Å². The number of halogens is 2. The Balaban J connectivity index is 1.51. The lowest BCUT2D eigenvalue weighted by Crippen LogP contribution is -2.39. The molecule has 0 spiro atoms. The molecule has 2 fully saturated rings. The molecule has 0 bridgehead atoms. The van der Waals surface area contributed by atoms with Crippen molar-refractivity contribution in [1.29, 1.82) is 0 Å². The largest absolute Gasteiger partial charge is 0.354 e. The van der Waals surface area contributed by atoms with Crippen LogP contribution in [0.2, 0.25) is 0 Å². The number of aromatic nitrogens is 5. The van der Waals surface area contributed by atoms with Crippen LogP contribution < -0.4 is 5.32 Å². The molecule has 27 heavy (non-hydrogen) atoms. The second-order valence-corrected chi connectivity index (χ2v) is 7.03. The monoisotopic (exact) mass is 379 g/mol. The number of H-pyrrole nitrogens is 1. The highest BCUT2D eigenvalue weighted by atomic mass is 19.3. The molecule has 4 rings (SSSR count). The van der Waals surface area contributed by atoms with Gasteiger partial charge >= 0.3 is 0 Å². The smallest absolute Gasteiger partial charge is 0.274 e. The van der Waals surface area contributed by atoms with Gasteiger partial charge in [0.25, 0.3) is 17.7 Å².